The van der Waals surface area contributed by atoms with Crippen LogP contribution in [-0.4, -0.2) is 21.7 Å². The fourth-order valence-electron chi connectivity index (χ4n) is 3.70. The molecule has 150 valence electrons. The molecule has 2 aromatic heterocycles. The first-order valence-electron chi connectivity index (χ1n) is 9.92. The Labute approximate surface area is 179 Å². The molecule has 5 rings (SSSR count). The summed E-state index contributed by atoms with van der Waals surface area (Å²) in [7, 11) is 1.63. The molecule has 0 saturated heterocycles. The van der Waals surface area contributed by atoms with Crippen LogP contribution in [0.5, 0.6) is 5.75 Å². The highest BCUT2D eigenvalue weighted by molar-refractivity contribution is 5.98. The first-order chi connectivity index (χ1) is 15.3. The lowest BCUT2D eigenvalue weighted by molar-refractivity contribution is 0.415. The molecule has 1 N–H and O–H groups in total. The summed E-state index contributed by atoms with van der Waals surface area (Å²) < 4.78 is 6.99. The normalized spacial score (nSPS) is 10.8. The molecule has 0 fully saturated rings. The number of ether oxygens (including phenoxy) is 1. The summed E-state index contributed by atoms with van der Waals surface area (Å²) in [6.07, 6.45) is 0. The second-order valence-corrected chi connectivity index (χ2v) is 7.12. The zero-order chi connectivity index (χ0) is 21.2. The summed E-state index contributed by atoms with van der Waals surface area (Å²) in [6.45, 7) is 0.606. The molecule has 0 saturated carbocycles. The van der Waals surface area contributed by atoms with Gasteiger partial charge in [-0.25, -0.2) is 9.50 Å². The molecule has 31 heavy (non-hydrogen) atoms. The minimum Gasteiger partial charge on any atom is -0.497 e. The number of benzene rings is 3. The Morgan fingerprint density at radius 2 is 1.71 bits per heavy atom. The number of fused-ring (bicyclic) bond motifs is 3. The van der Waals surface area contributed by atoms with Crippen molar-refractivity contribution in [3.05, 3.63) is 90.0 Å². The molecular weight excluding hydrogens is 386 g/mol. The third-order valence-corrected chi connectivity index (χ3v) is 5.25. The van der Waals surface area contributed by atoms with Crippen molar-refractivity contribution in [1.82, 2.24) is 14.6 Å². The molecule has 6 nitrogen and oxygen atoms in total. The number of para-hydroxylation sites is 1. The SMILES string of the molecule is COc1ccc(-c2nc3c(C#N)c(NCc4ccccc4)c4ccccc4n3n2)cc1. The smallest absolute Gasteiger partial charge is 0.182 e. The lowest BCUT2D eigenvalue weighted by Crippen LogP contribution is -2.05. The van der Waals surface area contributed by atoms with Crippen LogP contribution in [0, 0.1) is 11.3 Å². The van der Waals surface area contributed by atoms with E-state index < -0.39 is 0 Å². The van der Waals surface area contributed by atoms with Gasteiger partial charge < -0.3 is 10.1 Å². The Balaban J connectivity index is 1.68. The van der Waals surface area contributed by atoms with Crippen molar-refractivity contribution in [2.75, 3.05) is 12.4 Å². The Bertz CT molecular complexity index is 1420. The van der Waals surface area contributed by atoms with Gasteiger partial charge in [-0.2, -0.15) is 5.26 Å². The molecule has 0 aliphatic carbocycles. The van der Waals surface area contributed by atoms with Gasteiger partial charge >= 0.3 is 0 Å². The van der Waals surface area contributed by atoms with Gasteiger partial charge in [0.25, 0.3) is 0 Å². The number of hydrogen-bond donors (Lipinski definition) is 1. The van der Waals surface area contributed by atoms with Crippen molar-refractivity contribution in [3.63, 3.8) is 0 Å². The standard InChI is InChI=1S/C25H19N5O/c1-31-19-13-11-18(12-14-19)24-28-25-21(15-26)23(27-16-17-7-3-2-4-8-17)20-9-5-6-10-22(20)30(25)29-24/h2-14,27H,16H2,1H3. The van der Waals surface area contributed by atoms with Gasteiger partial charge in [-0.1, -0.05) is 48.5 Å². The largest absolute Gasteiger partial charge is 0.497 e. The van der Waals surface area contributed by atoms with Crippen molar-refractivity contribution in [3.8, 4) is 23.2 Å². The summed E-state index contributed by atoms with van der Waals surface area (Å²) in [6, 6.07) is 27.9. The van der Waals surface area contributed by atoms with Gasteiger partial charge in [-0.15, -0.1) is 5.10 Å². The number of nitrogens with one attached hydrogen (secondary N) is 1. The van der Waals surface area contributed by atoms with Gasteiger partial charge in [0.2, 0.25) is 0 Å². The average molecular weight is 405 g/mol. The molecule has 0 bridgehead atoms. The van der Waals surface area contributed by atoms with Crippen LogP contribution in [0.1, 0.15) is 11.1 Å². The van der Waals surface area contributed by atoms with E-state index >= 15 is 0 Å². The fraction of sp³-hybridized carbons (Fsp3) is 0.0800. The number of anilines is 1. The minimum absolute atomic E-state index is 0.474. The quantitative estimate of drug-likeness (QED) is 0.443. The van der Waals surface area contributed by atoms with Crippen LogP contribution in [0.15, 0.2) is 78.9 Å². The Morgan fingerprint density at radius 1 is 0.968 bits per heavy atom. The van der Waals surface area contributed by atoms with E-state index in [0.29, 0.717) is 23.6 Å². The Hall–Kier alpha value is -4.37. The van der Waals surface area contributed by atoms with Gasteiger partial charge in [-0.05, 0) is 35.9 Å². The van der Waals surface area contributed by atoms with E-state index in [1.54, 1.807) is 11.6 Å². The lowest BCUT2D eigenvalue weighted by Gasteiger charge is -2.13. The van der Waals surface area contributed by atoms with Crippen molar-refractivity contribution in [2.45, 2.75) is 6.54 Å². The molecule has 0 unspecified atom stereocenters. The topological polar surface area (TPSA) is 75.2 Å². The van der Waals surface area contributed by atoms with E-state index in [2.05, 4.69) is 23.5 Å². The van der Waals surface area contributed by atoms with Gasteiger partial charge in [0.1, 0.15) is 17.4 Å². The monoisotopic (exact) mass is 405 g/mol. The van der Waals surface area contributed by atoms with Gasteiger partial charge in [0, 0.05) is 17.5 Å². The molecule has 0 aliphatic heterocycles. The molecule has 0 atom stereocenters. The van der Waals surface area contributed by atoms with Crippen LogP contribution in [0.3, 0.4) is 0 Å². The van der Waals surface area contributed by atoms with Gasteiger partial charge in [-0.3, -0.25) is 0 Å². The average Bonchev–Trinajstić information content (AvgIpc) is 3.28. The first kappa shape index (κ1) is 18.6. The fourth-order valence-corrected chi connectivity index (χ4v) is 3.70. The summed E-state index contributed by atoms with van der Waals surface area (Å²) in [5.74, 6) is 1.33. The molecular formula is C25H19N5O. The Kier molecular flexibility index (Phi) is 4.70. The number of methoxy groups -OCH3 is 1. The highest BCUT2D eigenvalue weighted by Crippen LogP contribution is 2.32. The molecule has 0 aliphatic rings. The van der Waals surface area contributed by atoms with E-state index in [1.165, 1.54) is 0 Å². The van der Waals surface area contributed by atoms with E-state index in [9.17, 15) is 5.26 Å². The maximum atomic E-state index is 10.0. The third kappa shape index (κ3) is 3.32. The first-order valence-corrected chi connectivity index (χ1v) is 9.92. The molecule has 0 amide bonds. The van der Waals surface area contributed by atoms with Crippen LogP contribution in [0.4, 0.5) is 5.69 Å². The second kappa shape index (κ2) is 7.81. The van der Waals surface area contributed by atoms with Gasteiger partial charge in [0.15, 0.2) is 11.5 Å². The number of nitrogens with zero attached hydrogens (tertiary/aromatic N) is 4. The van der Waals surface area contributed by atoms with Crippen LogP contribution in [-0.2, 0) is 6.54 Å². The molecule has 0 spiro atoms. The summed E-state index contributed by atoms with van der Waals surface area (Å²) in [5.41, 5.74) is 4.65. The van der Waals surface area contributed by atoms with Gasteiger partial charge in [0.05, 0.1) is 18.3 Å². The lowest BCUT2D eigenvalue weighted by atomic mass is 10.1. The van der Waals surface area contributed by atoms with Crippen molar-refractivity contribution in [2.24, 2.45) is 0 Å². The van der Waals surface area contributed by atoms with E-state index in [-0.39, 0.29) is 0 Å². The number of rotatable bonds is 5. The molecule has 2 heterocycles. The summed E-state index contributed by atoms with van der Waals surface area (Å²) in [4.78, 5) is 4.72. The number of hydrogen-bond acceptors (Lipinski definition) is 5. The summed E-state index contributed by atoms with van der Waals surface area (Å²) >= 11 is 0. The zero-order valence-corrected chi connectivity index (χ0v) is 16.9. The third-order valence-electron chi connectivity index (χ3n) is 5.25. The van der Waals surface area contributed by atoms with Crippen molar-refractivity contribution < 1.29 is 4.74 Å². The predicted octanol–water partition coefficient (Wildman–Crippen LogP) is 5.04. The molecule has 3 aromatic carbocycles. The van der Waals surface area contributed by atoms with Crippen LogP contribution >= 0.6 is 0 Å². The van der Waals surface area contributed by atoms with E-state index in [4.69, 9.17) is 14.8 Å². The molecule has 6 heteroatoms. The predicted molar refractivity (Wildman–Crippen MR) is 121 cm³/mol. The molecule has 5 aromatic rings. The highest BCUT2D eigenvalue weighted by atomic mass is 16.5. The van der Waals surface area contributed by atoms with Crippen molar-refractivity contribution >= 4 is 22.2 Å². The van der Waals surface area contributed by atoms with Crippen LogP contribution in [0.2, 0.25) is 0 Å². The Morgan fingerprint density at radius 3 is 2.45 bits per heavy atom. The maximum absolute atomic E-state index is 10.0. The number of pyridine rings is 1. The number of nitriles is 1. The maximum Gasteiger partial charge on any atom is 0.182 e. The van der Waals surface area contributed by atoms with Crippen LogP contribution < -0.4 is 10.1 Å². The highest BCUT2D eigenvalue weighted by Gasteiger charge is 2.18. The van der Waals surface area contributed by atoms with E-state index in [0.717, 1.165) is 33.5 Å². The second-order valence-electron chi connectivity index (χ2n) is 7.12. The summed E-state index contributed by atoms with van der Waals surface area (Å²) in [5, 5.41) is 19.1. The van der Waals surface area contributed by atoms with Crippen molar-refractivity contribution in [1.29, 1.82) is 5.26 Å². The number of aromatic nitrogens is 3. The molecule has 0 radical (unpaired) electrons. The minimum atomic E-state index is 0.474. The van der Waals surface area contributed by atoms with E-state index in [1.807, 2.05) is 66.7 Å². The zero-order valence-electron chi connectivity index (χ0n) is 16.9. The van der Waals surface area contributed by atoms with Crippen LogP contribution in [0.25, 0.3) is 27.9 Å².